The molecule has 0 aliphatic heterocycles. The van der Waals surface area contributed by atoms with E-state index < -0.39 is 33.7 Å². The Bertz CT molecular complexity index is 1400. The normalized spacial score (nSPS) is 11.2. The largest absolute Gasteiger partial charge is 0.496 e. The number of halogens is 2. The van der Waals surface area contributed by atoms with E-state index in [0.29, 0.717) is 22.1 Å². The third-order valence-corrected chi connectivity index (χ3v) is 6.85. The van der Waals surface area contributed by atoms with Crippen LogP contribution in [0.25, 0.3) is 0 Å². The van der Waals surface area contributed by atoms with E-state index in [1.54, 1.807) is 23.8 Å². The lowest BCUT2D eigenvalue weighted by atomic mass is 10.1. The molecular formula is C24H26F2N4O6S2. The minimum Gasteiger partial charge on any atom is -0.496 e. The number of ether oxygens (including phenoxy) is 2. The molecule has 0 saturated heterocycles. The summed E-state index contributed by atoms with van der Waals surface area (Å²) in [5, 5.41) is 6.48. The number of carbonyl (C=O) groups excluding carboxylic acids is 2. The monoisotopic (exact) mass is 568 g/mol. The van der Waals surface area contributed by atoms with Crippen LogP contribution >= 0.6 is 11.3 Å². The molecule has 0 unspecified atom stereocenters. The highest BCUT2D eigenvalue weighted by Gasteiger charge is 2.22. The standard InChI is InChI=1S/C24H26F2N4O6S2/c1-14-20(35-2)10-15(11-21(14)36-3)24(32)30(9-5-6-16-17(25)7-4-8-18(16)26)12-22-28-19(13-37-22)23(31)29-38(27,33)34/h4,7-8,10-11,13H,5-6,9,12H2,1-3H3,(H,29,31)(H2,27,33,34). The van der Waals surface area contributed by atoms with Gasteiger partial charge in [0, 0.05) is 28.6 Å². The van der Waals surface area contributed by atoms with Crippen molar-refractivity contribution in [3.8, 4) is 11.5 Å². The third kappa shape index (κ3) is 7.24. The van der Waals surface area contributed by atoms with Gasteiger partial charge in [0.25, 0.3) is 22.0 Å². The topological polar surface area (TPSA) is 141 Å². The predicted molar refractivity (Wildman–Crippen MR) is 136 cm³/mol. The fourth-order valence-corrected chi connectivity index (χ4v) is 4.85. The lowest BCUT2D eigenvalue weighted by molar-refractivity contribution is 0.0740. The zero-order chi connectivity index (χ0) is 28.0. The molecule has 14 heteroatoms. The van der Waals surface area contributed by atoms with Gasteiger partial charge in [0.1, 0.15) is 33.8 Å². The molecule has 0 spiro atoms. The molecule has 10 nitrogen and oxygen atoms in total. The van der Waals surface area contributed by atoms with Gasteiger partial charge in [-0.1, -0.05) is 6.07 Å². The molecule has 3 N–H and O–H groups in total. The van der Waals surface area contributed by atoms with Crippen molar-refractivity contribution >= 4 is 33.4 Å². The Morgan fingerprint density at radius 1 is 1.13 bits per heavy atom. The maximum Gasteiger partial charge on any atom is 0.299 e. The number of carbonyl (C=O) groups is 2. The maximum absolute atomic E-state index is 14.1. The predicted octanol–water partition coefficient (Wildman–Crippen LogP) is 2.96. The summed E-state index contributed by atoms with van der Waals surface area (Å²) < 4.78 is 62.8. The Morgan fingerprint density at radius 2 is 1.74 bits per heavy atom. The van der Waals surface area contributed by atoms with Crippen molar-refractivity contribution in [1.29, 1.82) is 0 Å². The molecule has 0 fully saturated rings. The van der Waals surface area contributed by atoms with Gasteiger partial charge in [-0.2, -0.15) is 8.42 Å². The number of aromatic nitrogens is 1. The quantitative estimate of drug-likeness (QED) is 0.362. The first-order chi connectivity index (χ1) is 17.9. The molecule has 204 valence electrons. The second-order valence-corrected chi connectivity index (χ2v) is 10.4. The van der Waals surface area contributed by atoms with Crippen LogP contribution in [0.4, 0.5) is 8.78 Å². The van der Waals surface area contributed by atoms with E-state index in [-0.39, 0.29) is 42.8 Å². The molecule has 0 aliphatic rings. The Morgan fingerprint density at radius 3 is 2.29 bits per heavy atom. The van der Waals surface area contributed by atoms with Crippen molar-refractivity contribution in [3.63, 3.8) is 0 Å². The molecule has 0 atom stereocenters. The molecule has 3 rings (SSSR count). The van der Waals surface area contributed by atoms with Crippen LogP contribution in [0.2, 0.25) is 0 Å². The minimum absolute atomic E-state index is 0.0305. The van der Waals surface area contributed by atoms with Crippen molar-refractivity contribution in [2.75, 3.05) is 20.8 Å². The Labute approximate surface area is 222 Å². The summed E-state index contributed by atoms with van der Waals surface area (Å²) in [4.78, 5) is 31.2. The number of nitrogens with zero attached hydrogens (tertiary/aromatic N) is 2. The fraction of sp³-hybridized carbons (Fsp3) is 0.292. The summed E-state index contributed by atoms with van der Waals surface area (Å²) in [5.74, 6) is -1.96. The van der Waals surface area contributed by atoms with Gasteiger partial charge in [-0.3, -0.25) is 9.59 Å². The third-order valence-electron chi connectivity index (χ3n) is 5.55. The summed E-state index contributed by atoms with van der Waals surface area (Å²) >= 11 is 1.03. The number of rotatable bonds is 11. The number of hydrogen-bond acceptors (Lipinski definition) is 8. The van der Waals surface area contributed by atoms with Gasteiger partial charge < -0.3 is 14.4 Å². The zero-order valence-corrected chi connectivity index (χ0v) is 22.4. The van der Waals surface area contributed by atoms with Crippen LogP contribution in [0, 0.1) is 18.6 Å². The molecule has 0 bridgehead atoms. The highest BCUT2D eigenvalue weighted by Crippen LogP contribution is 2.30. The van der Waals surface area contributed by atoms with Crippen molar-refractivity contribution in [2.24, 2.45) is 5.14 Å². The average molecular weight is 569 g/mol. The number of nitrogens with two attached hydrogens (primary N) is 1. The summed E-state index contributed by atoms with van der Waals surface area (Å²) in [6.07, 6.45) is 0.247. The summed E-state index contributed by atoms with van der Waals surface area (Å²) in [7, 11) is -1.36. The van der Waals surface area contributed by atoms with Gasteiger partial charge in [0.2, 0.25) is 0 Å². The van der Waals surface area contributed by atoms with E-state index in [1.807, 2.05) is 0 Å². The molecular weight excluding hydrogens is 542 g/mol. The number of benzene rings is 2. The van der Waals surface area contributed by atoms with Crippen molar-refractivity contribution in [3.05, 3.63) is 74.7 Å². The van der Waals surface area contributed by atoms with E-state index >= 15 is 0 Å². The number of thiazole rings is 1. The highest BCUT2D eigenvalue weighted by atomic mass is 32.2. The van der Waals surface area contributed by atoms with E-state index in [0.717, 1.165) is 23.5 Å². The first-order valence-electron chi connectivity index (χ1n) is 11.2. The smallest absolute Gasteiger partial charge is 0.299 e. The van der Waals surface area contributed by atoms with E-state index in [2.05, 4.69) is 4.98 Å². The lowest BCUT2D eigenvalue weighted by Crippen LogP contribution is -2.36. The number of nitrogens with one attached hydrogen (secondary N) is 1. The van der Waals surface area contributed by atoms with Gasteiger partial charge in [-0.25, -0.2) is 23.6 Å². The van der Waals surface area contributed by atoms with E-state index in [1.165, 1.54) is 30.6 Å². The van der Waals surface area contributed by atoms with Gasteiger partial charge in [0.15, 0.2) is 0 Å². The van der Waals surface area contributed by atoms with Crippen LogP contribution in [0.15, 0.2) is 35.7 Å². The Hall–Kier alpha value is -3.62. The van der Waals surface area contributed by atoms with Gasteiger partial charge in [0.05, 0.1) is 20.8 Å². The molecule has 3 aromatic rings. The number of methoxy groups -OCH3 is 2. The highest BCUT2D eigenvalue weighted by molar-refractivity contribution is 7.87. The molecule has 1 heterocycles. The Kier molecular flexibility index (Phi) is 9.36. The fourth-order valence-electron chi connectivity index (χ4n) is 3.69. The van der Waals surface area contributed by atoms with Crippen LogP contribution in [0.5, 0.6) is 11.5 Å². The average Bonchev–Trinajstić information content (AvgIpc) is 3.32. The SMILES string of the molecule is COc1cc(C(=O)N(CCCc2c(F)cccc2F)Cc2nc(C(=O)NS(N)(=O)=O)cs2)cc(OC)c1C. The van der Waals surface area contributed by atoms with Crippen molar-refractivity contribution in [1.82, 2.24) is 14.6 Å². The summed E-state index contributed by atoms with van der Waals surface area (Å²) in [5.41, 5.74) is 0.650. The zero-order valence-electron chi connectivity index (χ0n) is 20.8. The molecule has 38 heavy (non-hydrogen) atoms. The first-order valence-corrected chi connectivity index (χ1v) is 13.6. The van der Waals surface area contributed by atoms with Gasteiger partial charge in [-0.05, 0) is 44.0 Å². The number of hydrogen-bond donors (Lipinski definition) is 2. The summed E-state index contributed by atoms with van der Waals surface area (Å²) in [6.45, 7) is 1.80. The molecule has 0 saturated carbocycles. The van der Waals surface area contributed by atoms with Gasteiger partial charge >= 0.3 is 0 Å². The maximum atomic E-state index is 14.1. The molecule has 1 aromatic heterocycles. The lowest BCUT2D eigenvalue weighted by Gasteiger charge is -2.23. The summed E-state index contributed by atoms with van der Waals surface area (Å²) in [6, 6.07) is 6.70. The van der Waals surface area contributed by atoms with Gasteiger partial charge in [-0.15, -0.1) is 11.3 Å². The molecule has 0 radical (unpaired) electrons. The molecule has 2 amide bonds. The Balaban J connectivity index is 1.88. The van der Waals surface area contributed by atoms with E-state index in [9.17, 15) is 26.8 Å². The van der Waals surface area contributed by atoms with Crippen molar-refractivity contribution in [2.45, 2.75) is 26.3 Å². The van der Waals surface area contributed by atoms with Crippen LogP contribution in [0.1, 0.15) is 43.4 Å². The second kappa shape index (κ2) is 12.3. The van der Waals surface area contributed by atoms with Crippen molar-refractivity contribution < 1.29 is 36.3 Å². The second-order valence-electron chi connectivity index (χ2n) is 8.14. The van der Waals surface area contributed by atoms with Crippen LogP contribution < -0.4 is 19.3 Å². The first kappa shape index (κ1) is 28.9. The van der Waals surface area contributed by atoms with E-state index in [4.69, 9.17) is 14.6 Å². The molecule has 0 aliphatic carbocycles. The minimum atomic E-state index is -4.28. The molecule has 2 aromatic carbocycles. The van der Waals surface area contributed by atoms with Crippen LogP contribution in [0.3, 0.4) is 0 Å². The number of amides is 2. The van der Waals surface area contributed by atoms with Crippen LogP contribution in [-0.2, 0) is 23.2 Å². The van der Waals surface area contributed by atoms with Crippen LogP contribution in [-0.4, -0.2) is 50.9 Å².